The molecule has 7 heteroatoms. The summed E-state index contributed by atoms with van der Waals surface area (Å²) < 4.78 is 10.0. The third-order valence-corrected chi connectivity index (χ3v) is 5.30. The first kappa shape index (κ1) is 21.0. The van der Waals surface area contributed by atoms with Gasteiger partial charge in [-0.15, -0.1) is 0 Å². The average molecular weight is 378 g/mol. The molecule has 7 nitrogen and oxygen atoms in total. The van der Waals surface area contributed by atoms with Crippen molar-refractivity contribution in [2.45, 2.75) is 26.3 Å². The number of carbonyl (C=O) groups excluding carboxylic acids is 2. The van der Waals surface area contributed by atoms with Crippen molar-refractivity contribution >= 4 is 17.6 Å². The highest BCUT2D eigenvalue weighted by atomic mass is 16.5. The van der Waals surface area contributed by atoms with E-state index in [1.54, 1.807) is 7.11 Å². The van der Waals surface area contributed by atoms with Gasteiger partial charge in [0.15, 0.2) is 6.54 Å². The Morgan fingerprint density at radius 3 is 2.33 bits per heavy atom. The number of benzene rings is 1. The zero-order valence-corrected chi connectivity index (χ0v) is 16.8. The largest absolute Gasteiger partial charge is 0.497 e. The van der Waals surface area contributed by atoms with E-state index in [0.29, 0.717) is 6.54 Å². The van der Waals surface area contributed by atoms with Crippen LogP contribution in [0.15, 0.2) is 24.3 Å². The molecular weight excluding hydrogens is 346 g/mol. The number of carbonyl (C=O) groups is 2. The van der Waals surface area contributed by atoms with E-state index in [0.717, 1.165) is 38.3 Å². The van der Waals surface area contributed by atoms with Crippen LogP contribution in [0.5, 0.6) is 5.75 Å². The number of hydrogen-bond donors (Lipinski definition) is 2. The highest BCUT2D eigenvalue weighted by Gasteiger charge is 2.29. The van der Waals surface area contributed by atoms with E-state index in [-0.39, 0.29) is 17.8 Å². The topological polar surface area (TPSA) is 72.3 Å². The monoisotopic (exact) mass is 378 g/mol. The molecule has 0 radical (unpaired) electrons. The number of nitrogens with one attached hydrogen (secondary N) is 2. The number of anilines is 1. The van der Waals surface area contributed by atoms with Gasteiger partial charge in [-0.25, -0.2) is 4.79 Å². The van der Waals surface area contributed by atoms with Crippen LogP contribution in [0.1, 0.15) is 20.3 Å². The second-order valence-corrected chi connectivity index (χ2v) is 7.07. The van der Waals surface area contributed by atoms with E-state index < -0.39 is 6.04 Å². The van der Waals surface area contributed by atoms with E-state index in [2.05, 4.69) is 22.3 Å². The molecule has 150 valence electrons. The van der Waals surface area contributed by atoms with Crippen molar-refractivity contribution in [3.05, 3.63) is 24.3 Å². The lowest BCUT2D eigenvalue weighted by Crippen LogP contribution is -3.16. The van der Waals surface area contributed by atoms with Crippen molar-refractivity contribution in [2.24, 2.45) is 5.92 Å². The molecule has 2 atom stereocenters. The normalized spacial score (nSPS) is 17.1. The second-order valence-electron chi connectivity index (χ2n) is 7.07. The summed E-state index contributed by atoms with van der Waals surface area (Å²) in [7, 11) is 3.02. The number of methoxy groups -OCH3 is 2. The van der Waals surface area contributed by atoms with Crippen LogP contribution < -0.4 is 19.9 Å². The Morgan fingerprint density at radius 2 is 1.81 bits per heavy atom. The molecule has 0 unspecified atom stereocenters. The van der Waals surface area contributed by atoms with Gasteiger partial charge in [0.05, 0.1) is 40.4 Å². The quantitative estimate of drug-likeness (QED) is 0.628. The summed E-state index contributed by atoms with van der Waals surface area (Å²) in [5, 5.41) is 2.86. The molecule has 1 aliphatic heterocycles. The number of hydrogen-bond acceptors (Lipinski definition) is 5. The van der Waals surface area contributed by atoms with Crippen LogP contribution in [0.25, 0.3) is 0 Å². The van der Waals surface area contributed by atoms with E-state index in [4.69, 9.17) is 9.47 Å². The Bertz CT molecular complexity index is 612. The molecule has 1 amide bonds. The Morgan fingerprint density at radius 1 is 1.19 bits per heavy atom. The van der Waals surface area contributed by atoms with Gasteiger partial charge >= 0.3 is 5.97 Å². The summed E-state index contributed by atoms with van der Waals surface area (Å²) in [5.74, 6) is 0.417. The summed E-state index contributed by atoms with van der Waals surface area (Å²) in [6, 6.07) is 7.47. The van der Waals surface area contributed by atoms with Gasteiger partial charge in [0, 0.05) is 5.69 Å². The zero-order valence-electron chi connectivity index (χ0n) is 16.8. The summed E-state index contributed by atoms with van der Waals surface area (Å²) in [6.07, 6.45) is 0.799. The van der Waals surface area contributed by atoms with E-state index in [1.807, 2.05) is 26.0 Å². The van der Waals surface area contributed by atoms with Crippen LogP contribution in [0, 0.1) is 5.92 Å². The van der Waals surface area contributed by atoms with Gasteiger partial charge in [0.2, 0.25) is 0 Å². The fraction of sp³-hybridized carbons (Fsp3) is 0.600. The Hall–Kier alpha value is -2.28. The smallest absolute Gasteiger partial charge is 0.328 e. The minimum atomic E-state index is -0.576. The predicted octanol–water partition coefficient (Wildman–Crippen LogP) is 0.104. The fourth-order valence-corrected chi connectivity index (χ4v) is 3.30. The van der Waals surface area contributed by atoms with Gasteiger partial charge in [-0.1, -0.05) is 20.3 Å². The minimum absolute atomic E-state index is 0.0447. The lowest BCUT2D eigenvalue weighted by atomic mass is 9.99. The zero-order chi connectivity index (χ0) is 19.8. The van der Waals surface area contributed by atoms with Gasteiger partial charge in [-0.05, 0) is 30.2 Å². The third-order valence-electron chi connectivity index (χ3n) is 5.30. The molecule has 2 rings (SSSR count). The SMILES string of the molecule is CC[C@@H](C)[C@@H](NC(=O)C[NH+]1CCN(c2ccc(OC)cc2)CC1)C(=O)OC. The number of piperazine rings is 1. The summed E-state index contributed by atoms with van der Waals surface area (Å²) >= 11 is 0. The van der Waals surface area contributed by atoms with Crippen molar-refractivity contribution in [1.82, 2.24) is 5.32 Å². The van der Waals surface area contributed by atoms with Gasteiger partial charge in [0.25, 0.3) is 5.91 Å². The number of quaternary nitrogens is 1. The van der Waals surface area contributed by atoms with Crippen molar-refractivity contribution in [1.29, 1.82) is 0 Å². The number of rotatable bonds is 8. The molecule has 1 aromatic carbocycles. The molecule has 27 heavy (non-hydrogen) atoms. The first-order valence-corrected chi connectivity index (χ1v) is 9.58. The molecule has 0 bridgehead atoms. The third kappa shape index (κ3) is 5.85. The maximum absolute atomic E-state index is 12.4. The van der Waals surface area contributed by atoms with Crippen LogP contribution in [0.3, 0.4) is 0 Å². The molecule has 1 heterocycles. The van der Waals surface area contributed by atoms with Crippen LogP contribution in [0.2, 0.25) is 0 Å². The number of nitrogens with zero attached hydrogens (tertiary/aromatic N) is 1. The Balaban J connectivity index is 1.83. The van der Waals surface area contributed by atoms with Crippen molar-refractivity contribution in [3.63, 3.8) is 0 Å². The number of ether oxygens (including phenoxy) is 2. The molecule has 2 N–H and O–H groups in total. The summed E-state index contributed by atoms with van der Waals surface area (Å²) in [4.78, 5) is 27.9. The minimum Gasteiger partial charge on any atom is -0.497 e. The molecule has 0 spiro atoms. The number of amides is 1. The van der Waals surface area contributed by atoms with E-state index in [9.17, 15) is 9.59 Å². The van der Waals surface area contributed by atoms with Gasteiger partial charge in [0.1, 0.15) is 11.8 Å². The van der Waals surface area contributed by atoms with Crippen molar-refractivity contribution in [2.75, 3.05) is 51.8 Å². The van der Waals surface area contributed by atoms with Crippen molar-refractivity contribution < 1.29 is 24.0 Å². The molecule has 1 aromatic rings. The molecular formula is C20H32N3O4+. The summed E-state index contributed by atoms with van der Waals surface area (Å²) in [6.45, 7) is 7.86. The van der Waals surface area contributed by atoms with Crippen molar-refractivity contribution in [3.8, 4) is 5.75 Å². The van der Waals surface area contributed by atoms with Gasteiger partial charge < -0.3 is 24.6 Å². The molecule has 1 aliphatic rings. The molecule has 0 aliphatic carbocycles. The van der Waals surface area contributed by atoms with Crippen LogP contribution in [-0.2, 0) is 14.3 Å². The van der Waals surface area contributed by atoms with Crippen LogP contribution in [0.4, 0.5) is 5.69 Å². The molecule has 1 saturated heterocycles. The fourth-order valence-electron chi connectivity index (χ4n) is 3.30. The predicted molar refractivity (Wildman–Crippen MR) is 104 cm³/mol. The standard InChI is InChI=1S/C20H31N3O4/c1-5-15(2)19(20(25)27-4)21-18(24)14-22-10-12-23(13-11-22)16-6-8-17(26-3)9-7-16/h6-9,15,19H,5,10-14H2,1-4H3,(H,21,24)/p+1/t15-,19-/m1/s1. The molecule has 1 fully saturated rings. The maximum atomic E-state index is 12.4. The Labute approximate surface area is 161 Å². The molecule has 0 saturated carbocycles. The van der Waals surface area contributed by atoms with Gasteiger partial charge in [-0.2, -0.15) is 0 Å². The highest BCUT2D eigenvalue weighted by molar-refractivity contribution is 5.85. The summed E-state index contributed by atoms with van der Waals surface area (Å²) in [5.41, 5.74) is 1.17. The van der Waals surface area contributed by atoms with Gasteiger partial charge in [-0.3, -0.25) is 4.79 Å². The number of esters is 1. The Kier molecular flexibility index (Phi) is 7.91. The average Bonchev–Trinajstić information content (AvgIpc) is 2.71. The highest BCUT2D eigenvalue weighted by Crippen LogP contribution is 2.18. The van der Waals surface area contributed by atoms with Crippen LogP contribution >= 0.6 is 0 Å². The second kappa shape index (κ2) is 10.2. The van der Waals surface area contributed by atoms with Crippen LogP contribution in [-0.4, -0.2) is 64.9 Å². The van der Waals surface area contributed by atoms with E-state index in [1.165, 1.54) is 17.7 Å². The lowest BCUT2D eigenvalue weighted by molar-refractivity contribution is -0.892. The first-order chi connectivity index (χ1) is 13.0. The first-order valence-electron chi connectivity index (χ1n) is 9.58. The molecule has 0 aromatic heterocycles. The maximum Gasteiger partial charge on any atom is 0.328 e. The van der Waals surface area contributed by atoms with E-state index >= 15 is 0 Å². The lowest BCUT2D eigenvalue weighted by Gasteiger charge is -2.33.